The van der Waals surface area contributed by atoms with E-state index in [0.29, 0.717) is 0 Å². The lowest BCUT2D eigenvalue weighted by Gasteiger charge is -2.12. The molecule has 4 nitrogen and oxygen atoms in total. The van der Waals surface area contributed by atoms with Crippen molar-refractivity contribution in [2.75, 3.05) is 0 Å². The third-order valence-corrected chi connectivity index (χ3v) is 4.01. The van der Waals surface area contributed by atoms with Gasteiger partial charge in [-0.2, -0.15) is 0 Å². The fourth-order valence-corrected chi connectivity index (χ4v) is 2.88. The number of benzene rings is 1. The number of nitrogens with one attached hydrogen (secondary N) is 1. The Morgan fingerprint density at radius 2 is 1.89 bits per heavy atom. The number of halogens is 2. The number of hydrogen-bond acceptors (Lipinski definition) is 3. The van der Waals surface area contributed by atoms with Crippen molar-refractivity contribution in [2.24, 2.45) is 0 Å². The maximum absolute atomic E-state index is 14.0. The molecule has 1 aromatic carbocycles. The first-order valence-corrected chi connectivity index (χ1v) is 7.22. The SMILES string of the molecule is CCC(=O)c1c(F)ccc(S(=O)(=O)NC(C)C)c1F. The lowest BCUT2D eigenvalue weighted by Crippen LogP contribution is -2.31. The van der Waals surface area contributed by atoms with Crippen molar-refractivity contribution in [1.82, 2.24) is 4.72 Å². The Morgan fingerprint density at radius 3 is 2.37 bits per heavy atom. The highest BCUT2D eigenvalue weighted by molar-refractivity contribution is 7.89. The molecular formula is C12H15F2NO3S. The Hall–Kier alpha value is -1.34. The lowest BCUT2D eigenvalue weighted by atomic mass is 10.1. The van der Waals surface area contributed by atoms with Gasteiger partial charge < -0.3 is 0 Å². The van der Waals surface area contributed by atoms with E-state index in [1.165, 1.54) is 6.92 Å². The highest BCUT2D eigenvalue weighted by Gasteiger charge is 2.26. The summed E-state index contributed by atoms with van der Waals surface area (Å²) in [6.45, 7) is 4.57. The monoisotopic (exact) mass is 291 g/mol. The van der Waals surface area contributed by atoms with Gasteiger partial charge in [0.15, 0.2) is 11.6 Å². The summed E-state index contributed by atoms with van der Waals surface area (Å²) < 4.78 is 53.4. The molecule has 0 amide bonds. The summed E-state index contributed by atoms with van der Waals surface area (Å²) in [5, 5.41) is 0. The number of ketones is 1. The van der Waals surface area contributed by atoms with Crippen molar-refractivity contribution < 1.29 is 22.0 Å². The second kappa shape index (κ2) is 5.75. The number of hydrogen-bond donors (Lipinski definition) is 1. The van der Waals surface area contributed by atoms with Crippen LogP contribution in [0.15, 0.2) is 17.0 Å². The van der Waals surface area contributed by atoms with Crippen LogP contribution in [0.2, 0.25) is 0 Å². The van der Waals surface area contributed by atoms with Crippen molar-refractivity contribution in [3.8, 4) is 0 Å². The molecule has 1 rings (SSSR count). The second-order valence-electron chi connectivity index (χ2n) is 4.29. The number of Topliss-reactive ketones (excluding diaryl/α,β-unsaturated/α-hetero) is 1. The van der Waals surface area contributed by atoms with E-state index in [9.17, 15) is 22.0 Å². The van der Waals surface area contributed by atoms with Gasteiger partial charge in [0.05, 0.1) is 5.56 Å². The molecule has 0 atom stereocenters. The summed E-state index contributed by atoms with van der Waals surface area (Å²) >= 11 is 0. The highest BCUT2D eigenvalue weighted by Crippen LogP contribution is 2.22. The van der Waals surface area contributed by atoms with Crippen molar-refractivity contribution >= 4 is 15.8 Å². The Labute approximate surface area is 110 Å². The number of carbonyl (C=O) groups excluding carboxylic acids is 1. The highest BCUT2D eigenvalue weighted by atomic mass is 32.2. The zero-order valence-corrected chi connectivity index (χ0v) is 11.6. The van der Waals surface area contributed by atoms with Crippen LogP contribution in [-0.2, 0) is 10.0 Å². The molecule has 0 bridgehead atoms. The lowest BCUT2D eigenvalue weighted by molar-refractivity contribution is 0.0979. The van der Waals surface area contributed by atoms with Gasteiger partial charge in [-0.1, -0.05) is 6.92 Å². The molecule has 19 heavy (non-hydrogen) atoms. The minimum absolute atomic E-state index is 0.116. The molecule has 0 fully saturated rings. The predicted octanol–water partition coefficient (Wildman–Crippen LogP) is 2.24. The van der Waals surface area contributed by atoms with Crippen LogP contribution in [0.5, 0.6) is 0 Å². The van der Waals surface area contributed by atoms with Gasteiger partial charge in [-0.05, 0) is 26.0 Å². The van der Waals surface area contributed by atoms with Crippen LogP contribution in [0.1, 0.15) is 37.6 Å². The van der Waals surface area contributed by atoms with Crippen molar-refractivity contribution in [1.29, 1.82) is 0 Å². The van der Waals surface area contributed by atoms with Crippen LogP contribution in [-0.4, -0.2) is 20.2 Å². The summed E-state index contributed by atoms with van der Waals surface area (Å²) in [6, 6.07) is 1.14. The van der Waals surface area contributed by atoms with Crippen LogP contribution in [0, 0.1) is 11.6 Å². The van der Waals surface area contributed by atoms with Gasteiger partial charge in [0.2, 0.25) is 10.0 Å². The second-order valence-corrected chi connectivity index (χ2v) is 5.97. The van der Waals surface area contributed by atoms with Gasteiger partial charge in [-0.25, -0.2) is 21.9 Å². The van der Waals surface area contributed by atoms with E-state index < -0.39 is 43.9 Å². The fraction of sp³-hybridized carbons (Fsp3) is 0.417. The van der Waals surface area contributed by atoms with E-state index in [1.54, 1.807) is 13.8 Å². The molecule has 0 aliphatic heterocycles. The number of sulfonamides is 1. The minimum atomic E-state index is -4.12. The molecule has 1 aromatic rings. The van der Waals surface area contributed by atoms with Gasteiger partial charge >= 0.3 is 0 Å². The molecule has 0 saturated carbocycles. The third kappa shape index (κ3) is 3.36. The Bertz CT molecular complexity index is 597. The average molecular weight is 291 g/mol. The van der Waals surface area contributed by atoms with Crippen molar-refractivity contribution in [3.05, 3.63) is 29.3 Å². The molecule has 1 N–H and O–H groups in total. The number of rotatable bonds is 5. The normalized spacial score (nSPS) is 11.9. The van der Waals surface area contributed by atoms with Crippen LogP contribution in [0.3, 0.4) is 0 Å². The van der Waals surface area contributed by atoms with Crippen LogP contribution in [0.4, 0.5) is 8.78 Å². The van der Waals surface area contributed by atoms with Crippen LogP contribution >= 0.6 is 0 Å². The summed E-state index contributed by atoms with van der Waals surface area (Å²) in [5.41, 5.74) is -0.811. The minimum Gasteiger partial charge on any atom is -0.294 e. The molecule has 0 saturated heterocycles. The molecule has 0 aliphatic carbocycles. The van der Waals surface area contributed by atoms with E-state index in [1.807, 2.05) is 0 Å². The molecule has 0 spiro atoms. The van der Waals surface area contributed by atoms with E-state index in [0.717, 1.165) is 12.1 Å². The predicted molar refractivity (Wildman–Crippen MR) is 66.4 cm³/mol. The first kappa shape index (κ1) is 15.7. The van der Waals surface area contributed by atoms with Crippen LogP contribution < -0.4 is 4.72 Å². The Morgan fingerprint density at radius 1 is 1.32 bits per heavy atom. The summed E-state index contributed by atoms with van der Waals surface area (Å²) in [4.78, 5) is 10.7. The summed E-state index contributed by atoms with van der Waals surface area (Å²) in [6.07, 6.45) is -0.116. The fourth-order valence-electron chi connectivity index (χ4n) is 1.55. The molecule has 0 heterocycles. The molecule has 106 valence electrons. The smallest absolute Gasteiger partial charge is 0.243 e. The van der Waals surface area contributed by atoms with Gasteiger partial charge in [0.25, 0.3) is 0 Å². The molecule has 0 aliphatic rings. The zero-order chi connectivity index (χ0) is 14.8. The van der Waals surface area contributed by atoms with E-state index in [4.69, 9.17) is 0 Å². The maximum atomic E-state index is 14.0. The molecule has 0 unspecified atom stereocenters. The van der Waals surface area contributed by atoms with Crippen LogP contribution in [0.25, 0.3) is 0 Å². The van der Waals surface area contributed by atoms with E-state index in [-0.39, 0.29) is 6.42 Å². The number of carbonyl (C=O) groups is 1. The topological polar surface area (TPSA) is 63.2 Å². The van der Waals surface area contributed by atoms with E-state index >= 15 is 0 Å². The van der Waals surface area contributed by atoms with Gasteiger partial charge in [-0.15, -0.1) is 0 Å². The summed E-state index contributed by atoms with van der Waals surface area (Å²) in [7, 11) is -4.12. The third-order valence-electron chi connectivity index (χ3n) is 2.34. The summed E-state index contributed by atoms with van der Waals surface area (Å²) in [5.74, 6) is -3.19. The first-order valence-electron chi connectivity index (χ1n) is 5.74. The molecular weight excluding hydrogens is 276 g/mol. The first-order chi connectivity index (χ1) is 8.70. The standard InChI is InChI=1S/C12H15F2NO3S/c1-4-9(16)11-8(13)5-6-10(12(11)14)19(17,18)15-7(2)3/h5-7,15H,4H2,1-3H3. The average Bonchev–Trinajstić information content (AvgIpc) is 2.26. The van der Waals surface area contributed by atoms with Crippen molar-refractivity contribution in [3.63, 3.8) is 0 Å². The van der Waals surface area contributed by atoms with Crippen molar-refractivity contribution in [2.45, 2.75) is 38.1 Å². The Kier molecular flexibility index (Phi) is 4.75. The largest absolute Gasteiger partial charge is 0.294 e. The van der Waals surface area contributed by atoms with Gasteiger partial charge in [-0.3, -0.25) is 4.79 Å². The van der Waals surface area contributed by atoms with Gasteiger partial charge in [0.1, 0.15) is 10.7 Å². The van der Waals surface area contributed by atoms with E-state index in [2.05, 4.69) is 4.72 Å². The van der Waals surface area contributed by atoms with Gasteiger partial charge in [0, 0.05) is 12.5 Å². The zero-order valence-electron chi connectivity index (χ0n) is 10.8. The molecule has 7 heteroatoms. The Balaban J connectivity index is 3.44. The molecule has 0 aromatic heterocycles. The quantitative estimate of drug-likeness (QED) is 0.846. The molecule has 0 radical (unpaired) electrons. The maximum Gasteiger partial charge on any atom is 0.243 e.